The molecule has 0 aliphatic carbocycles. The van der Waals surface area contributed by atoms with Gasteiger partial charge in [0.05, 0.1) is 11.4 Å². The standard InChI is InChI=1S/C28H22N2O2/c1-18(2)20-13-16-22-27(17-20)32-28(29-22)19-11-14-21(15-12-19)30-23-7-3-5-9-25(23)31-26-10-6-4-8-24(26)30/h3-18H,1-2H3. The minimum atomic E-state index is 0.450. The van der Waals surface area contributed by atoms with E-state index in [9.17, 15) is 0 Å². The molecule has 0 unspecified atom stereocenters. The molecule has 0 saturated carbocycles. The van der Waals surface area contributed by atoms with Crippen molar-refractivity contribution in [3.05, 3.63) is 96.6 Å². The third kappa shape index (κ3) is 3.04. The van der Waals surface area contributed by atoms with E-state index in [2.05, 4.69) is 67.3 Å². The molecule has 1 aromatic heterocycles. The van der Waals surface area contributed by atoms with E-state index >= 15 is 0 Å². The number of hydrogen-bond donors (Lipinski definition) is 0. The molecule has 2 heterocycles. The third-order valence-corrected chi connectivity index (χ3v) is 5.88. The summed E-state index contributed by atoms with van der Waals surface area (Å²) in [6.07, 6.45) is 0. The van der Waals surface area contributed by atoms with Crippen LogP contribution >= 0.6 is 0 Å². The molecule has 4 heteroatoms. The summed E-state index contributed by atoms with van der Waals surface area (Å²) >= 11 is 0. The Morgan fingerprint density at radius 2 is 1.41 bits per heavy atom. The molecule has 0 N–H and O–H groups in total. The van der Waals surface area contributed by atoms with Crippen molar-refractivity contribution < 1.29 is 9.15 Å². The van der Waals surface area contributed by atoms with Crippen molar-refractivity contribution in [3.8, 4) is 23.0 Å². The van der Waals surface area contributed by atoms with Gasteiger partial charge < -0.3 is 14.1 Å². The zero-order valence-corrected chi connectivity index (χ0v) is 17.9. The quantitative estimate of drug-likeness (QED) is 0.290. The van der Waals surface area contributed by atoms with E-state index in [-0.39, 0.29) is 0 Å². The smallest absolute Gasteiger partial charge is 0.227 e. The van der Waals surface area contributed by atoms with Gasteiger partial charge in [0, 0.05) is 11.3 Å². The van der Waals surface area contributed by atoms with E-state index in [1.807, 2.05) is 42.5 Å². The topological polar surface area (TPSA) is 38.5 Å². The van der Waals surface area contributed by atoms with Crippen molar-refractivity contribution in [1.82, 2.24) is 4.98 Å². The molecule has 5 aromatic rings. The normalized spacial score (nSPS) is 12.5. The van der Waals surface area contributed by atoms with Crippen LogP contribution in [-0.4, -0.2) is 4.98 Å². The van der Waals surface area contributed by atoms with Gasteiger partial charge in [0.2, 0.25) is 5.89 Å². The van der Waals surface area contributed by atoms with Gasteiger partial charge in [-0.25, -0.2) is 4.98 Å². The number of rotatable bonds is 3. The molecular formula is C28H22N2O2. The molecule has 0 fully saturated rings. The van der Waals surface area contributed by atoms with Crippen LogP contribution in [0.15, 0.2) is 95.4 Å². The minimum absolute atomic E-state index is 0.450. The first-order valence-electron chi connectivity index (χ1n) is 10.8. The Morgan fingerprint density at radius 1 is 0.750 bits per heavy atom. The van der Waals surface area contributed by atoms with Crippen LogP contribution in [-0.2, 0) is 0 Å². The van der Waals surface area contributed by atoms with Gasteiger partial charge in [0.1, 0.15) is 5.52 Å². The molecule has 32 heavy (non-hydrogen) atoms. The number of nitrogens with zero attached hydrogens (tertiary/aromatic N) is 2. The van der Waals surface area contributed by atoms with E-state index < -0.39 is 0 Å². The third-order valence-electron chi connectivity index (χ3n) is 5.88. The largest absolute Gasteiger partial charge is 0.453 e. The van der Waals surface area contributed by atoms with Crippen molar-refractivity contribution in [2.75, 3.05) is 4.90 Å². The average Bonchev–Trinajstić information content (AvgIpc) is 3.26. The van der Waals surface area contributed by atoms with Crippen LogP contribution in [0.4, 0.5) is 17.1 Å². The van der Waals surface area contributed by atoms with Gasteiger partial charge >= 0.3 is 0 Å². The minimum Gasteiger partial charge on any atom is -0.453 e. The zero-order chi connectivity index (χ0) is 21.7. The highest BCUT2D eigenvalue weighted by Crippen LogP contribution is 2.50. The first kappa shape index (κ1) is 18.7. The molecule has 0 atom stereocenters. The van der Waals surface area contributed by atoms with Gasteiger partial charge in [-0.05, 0) is 72.1 Å². The van der Waals surface area contributed by atoms with E-state index in [1.54, 1.807) is 0 Å². The Labute approximate surface area is 186 Å². The molecule has 156 valence electrons. The highest BCUT2D eigenvalue weighted by atomic mass is 16.5. The van der Waals surface area contributed by atoms with E-state index in [1.165, 1.54) is 5.56 Å². The molecule has 0 amide bonds. The molecule has 0 spiro atoms. The summed E-state index contributed by atoms with van der Waals surface area (Å²) in [7, 11) is 0. The second kappa shape index (κ2) is 7.27. The van der Waals surface area contributed by atoms with E-state index in [0.717, 1.165) is 45.2 Å². The highest BCUT2D eigenvalue weighted by molar-refractivity contribution is 5.86. The second-order valence-corrected chi connectivity index (χ2v) is 8.32. The molecule has 0 radical (unpaired) electrons. The lowest BCUT2D eigenvalue weighted by molar-refractivity contribution is 0.477. The SMILES string of the molecule is CC(C)c1ccc2nc(-c3ccc(N4c5ccccc5Oc5ccccc54)cc3)oc2c1. The zero-order valence-electron chi connectivity index (χ0n) is 17.9. The molecule has 1 aliphatic heterocycles. The van der Waals surface area contributed by atoms with Crippen LogP contribution in [0, 0.1) is 0 Å². The summed E-state index contributed by atoms with van der Waals surface area (Å²) in [6, 6.07) is 30.8. The summed E-state index contributed by atoms with van der Waals surface area (Å²) in [5, 5.41) is 0. The van der Waals surface area contributed by atoms with Crippen molar-refractivity contribution in [3.63, 3.8) is 0 Å². The van der Waals surface area contributed by atoms with E-state index in [4.69, 9.17) is 14.1 Å². The average molecular weight is 418 g/mol. The van der Waals surface area contributed by atoms with Crippen LogP contribution in [0.3, 0.4) is 0 Å². The number of anilines is 3. The number of hydrogen-bond acceptors (Lipinski definition) is 4. The number of para-hydroxylation sites is 4. The second-order valence-electron chi connectivity index (χ2n) is 8.32. The fraction of sp³-hybridized carbons (Fsp3) is 0.107. The lowest BCUT2D eigenvalue weighted by atomic mass is 10.0. The number of aromatic nitrogens is 1. The Balaban J connectivity index is 1.40. The molecular weight excluding hydrogens is 396 g/mol. The predicted octanol–water partition coefficient (Wildman–Crippen LogP) is 8.19. The van der Waals surface area contributed by atoms with Crippen molar-refractivity contribution in [2.24, 2.45) is 0 Å². The fourth-order valence-electron chi connectivity index (χ4n) is 4.16. The number of benzene rings is 4. The van der Waals surface area contributed by atoms with Crippen LogP contribution < -0.4 is 9.64 Å². The Morgan fingerprint density at radius 3 is 2.06 bits per heavy atom. The summed E-state index contributed by atoms with van der Waals surface area (Å²) < 4.78 is 12.2. The van der Waals surface area contributed by atoms with Gasteiger partial charge in [-0.2, -0.15) is 0 Å². The highest BCUT2D eigenvalue weighted by Gasteiger charge is 2.25. The number of ether oxygens (including phenoxy) is 1. The summed E-state index contributed by atoms with van der Waals surface area (Å²) in [5.41, 5.74) is 6.99. The summed E-state index contributed by atoms with van der Waals surface area (Å²) in [4.78, 5) is 6.92. The maximum absolute atomic E-state index is 6.12. The van der Waals surface area contributed by atoms with Gasteiger partial charge in [0.25, 0.3) is 0 Å². The molecule has 4 aromatic carbocycles. The Kier molecular flexibility index (Phi) is 4.25. The van der Waals surface area contributed by atoms with Crippen LogP contribution in [0.25, 0.3) is 22.6 Å². The van der Waals surface area contributed by atoms with Crippen LogP contribution in [0.1, 0.15) is 25.3 Å². The first-order chi connectivity index (χ1) is 15.7. The van der Waals surface area contributed by atoms with Crippen molar-refractivity contribution >= 4 is 28.2 Å². The van der Waals surface area contributed by atoms with Crippen LogP contribution in [0.2, 0.25) is 0 Å². The summed E-state index contributed by atoms with van der Waals surface area (Å²) in [5.74, 6) is 2.77. The van der Waals surface area contributed by atoms with Gasteiger partial charge in [-0.15, -0.1) is 0 Å². The maximum Gasteiger partial charge on any atom is 0.227 e. The Bertz CT molecular complexity index is 1390. The number of fused-ring (bicyclic) bond motifs is 3. The monoisotopic (exact) mass is 418 g/mol. The number of oxazole rings is 1. The van der Waals surface area contributed by atoms with Crippen molar-refractivity contribution in [1.29, 1.82) is 0 Å². The predicted molar refractivity (Wildman–Crippen MR) is 128 cm³/mol. The van der Waals surface area contributed by atoms with Crippen molar-refractivity contribution in [2.45, 2.75) is 19.8 Å². The lowest BCUT2D eigenvalue weighted by Gasteiger charge is -2.32. The molecule has 0 saturated heterocycles. The lowest BCUT2D eigenvalue weighted by Crippen LogP contribution is -2.15. The molecule has 0 bridgehead atoms. The van der Waals surface area contributed by atoms with Gasteiger partial charge in [-0.1, -0.05) is 44.2 Å². The molecule has 6 rings (SSSR count). The fourth-order valence-corrected chi connectivity index (χ4v) is 4.16. The molecule has 1 aliphatic rings. The van der Waals surface area contributed by atoms with Gasteiger partial charge in [0.15, 0.2) is 17.1 Å². The van der Waals surface area contributed by atoms with E-state index in [0.29, 0.717) is 11.8 Å². The first-order valence-corrected chi connectivity index (χ1v) is 10.8. The van der Waals surface area contributed by atoms with Crippen LogP contribution in [0.5, 0.6) is 11.5 Å². The Hall–Kier alpha value is -4.05. The maximum atomic E-state index is 6.12. The molecule has 4 nitrogen and oxygen atoms in total. The van der Waals surface area contributed by atoms with Gasteiger partial charge in [-0.3, -0.25) is 0 Å². The summed E-state index contributed by atoms with van der Waals surface area (Å²) in [6.45, 7) is 4.36.